The second-order valence-electron chi connectivity index (χ2n) is 10.2. The number of benzene rings is 2. The van der Waals surface area contributed by atoms with Crippen LogP contribution in [0.1, 0.15) is 62.6 Å². The van der Waals surface area contributed by atoms with Crippen molar-refractivity contribution in [3.8, 4) is 0 Å². The number of rotatable bonds is 8. The van der Waals surface area contributed by atoms with Crippen LogP contribution >= 0.6 is 23.2 Å². The van der Waals surface area contributed by atoms with Crippen molar-refractivity contribution in [1.29, 1.82) is 0 Å². The highest BCUT2D eigenvalue weighted by Gasteiger charge is 2.51. The molecule has 2 saturated heterocycles. The molecule has 2 aromatic carbocycles. The average Bonchev–Trinajstić information content (AvgIpc) is 3.17. The number of carbonyl (C=O) groups excluding carboxylic acids is 1. The van der Waals surface area contributed by atoms with Crippen LogP contribution in [0.25, 0.3) is 0 Å². The monoisotopic (exact) mass is 548 g/mol. The van der Waals surface area contributed by atoms with E-state index in [1.807, 2.05) is 61.2 Å². The van der Waals surface area contributed by atoms with Gasteiger partial charge in [-0.05, 0) is 61.1 Å². The number of hydrogen-bond acceptors (Lipinski definition) is 3. The maximum Gasteiger partial charge on any atom is 0.229 e. The molecule has 4 atom stereocenters. The van der Waals surface area contributed by atoms with Crippen molar-refractivity contribution in [2.45, 2.75) is 57.5 Å². The Labute approximate surface area is 225 Å². The number of sulfonamides is 1. The van der Waals surface area contributed by atoms with Gasteiger partial charge in [0.15, 0.2) is 0 Å². The second-order valence-corrected chi connectivity index (χ2v) is 13.2. The van der Waals surface area contributed by atoms with Gasteiger partial charge in [0.2, 0.25) is 15.9 Å². The molecule has 194 valence electrons. The highest BCUT2D eigenvalue weighted by atomic mass is 35.5. The van der Waals surface area contributed by atoms with E-state index in [2.05, 4.69) is 12.6 Å². The molecule has 1 amide bonds. The predicted molar refractivity (Wildman–Crippen MR) is 147 cm³/mol. The van der Waals surface area contributed by atoms with Crippen LogP contribution in [0.4, 0.5) is 0 Å². The van der Waals surface area contributed by atoms with Crippen LogP contribution in [-0.2, 0) is 14.8 Å². The van der Waals surface area contributed by atoms with Crippen molar-refractivity contribution < 1.29 is 13.2 Å². The van der Waals surface area contributed by atoms with Gasteiger partial charge in [0.05, 0.1) is 17.2 Å². The standard InChI is InChI=1S/C28H34Cl2N2O3S/c1-4-14-28(3)18-25(21-8-6-9-23(30)17-21)26(20-10-12-22(29)13-11-20)32(27(28)33)24(5-2)19-31-15-7-16-36(31,34)35/h4,6,8-13,17,24-26H,1,5,7,14-16,18-19H2,2-3H3/t24?,25-,26?,28+/m1/s1. The lowest BCUT2D eigenvalue weighted by Gasteiger charge is -2.52. The summed E-state index contributed by atoms with van der Waals surface area (Å²) in [6.45, 7) is 8.74. The normalized spacial score (nSPS) is 27.2. The van der Waals surface area contributed by atoms with Crippen LogP contribution in [-0.4, -0.2) is 48.4 Å². The average molecular weight is 550 g/mol. The molecule has 0 radical (unpaired) electrons. The van der Waals surface area contributed by atoms with E-state index in [0.29, 0.717) is 48.8 Å². The molecule has 2 heterocycles. The molecule has 2 aromatic rings. The summed E-state index contributed by atoms with van der Waals surface area (Å²) in [4.78, 5) is 16.3. The number of hydrogen-bond donors (Lipinski definition) is 0. The zero-order chi connectivity index (χ0) is 26.1. The minimum absolute atomic E-state index is 0.0315. The molecule has 0 N–H and O–H groups in total. The maximum atomic E-state index is 14.3. The van der Waals surface area contributed by atoms with E-state index in [-0.39, 0.29) is 29.7 Å². The lowest BCUT2D eigenvalue weighted by molar-refractivity contribution is -0.154. The molecule has 2 unspecified atom stereocenters. The molecular weight excluding hydrogens is 515 g/mol. The lowest BCUT2D eigenvalue weighted by Crippen LogP contribution is -2.57. The number of allylic oxidation sites excluding steroid dienone is 1. The fraction of sp³-hybridized carbons (Fsp3) is 0.464. The highest BCUT2D eigenvalue weighted by molar-refractivity contribution is 7.89. The number of nitrogens with zero attached hydrogens (tertiary/aromatic N) is 2. The second kappa shape index (κ2) is 10.9. The summed E-state index contributed by atoms with van der Waals surface area (Å²) in [5.74, 6) is 0.151. The van der Waals surface area contributed by atoms with Crippen molar-refractivity contribution in [2.24, 2.45) is 5.41 Å². The molecule has 0 aliphatic carbocycles. The third kappa shape index (κ3) is 5.38. The smallest absolute Gasteiger partial charge is 0.229 e. The van der Waals surface area contributed by atoms with Gasteiger partial charge < -0.3 is 4.90 Å². The van der Waals surface area contributed by atoms with Gasteiger partial charge in [0.25, 0.3) is 0 Å². The SMILES string of the molecule is C=CC[C@@]1(C)C[C@H](c2cccc(Cl)c2)C(c2ccc(Cl)cc2)N(C(CC)CN2CCCS2(=O)=O)C1=O. The molecule has 8 heteroatoms. The van der Waals surface area contributed by atoms with E-state index in [0.717, 1.165) is 11.1 Å². The molecule has 36 heavy (non-hydrogen) atoms. The van der Waals surface area contributed by atoms with Gasteiger partial charge in [-0.2, -0.15) is 4.31 Å². The van der Waals surface area contributed by atoms with Crippen LogP contribution in [0, 0.1) is 5.41 Å². The maximum absolute atomic E-state index is 14.3. The summed E-state index contributed by atoms with van der Waals surface area (Å²) < 4.78 is 27.0. The first kappa shape index (κ1) is 27.2. The van der Waals surface area contributed by atoms with E-state index in [1.165, 1.54) is 0 Å². The molecule has 2 aliphatic rings. The number of likely N-dealkylation sites (tertiary alicyclic amines) is 1. The topological polar surface area (TPSA) is 57.7 Å². The minimum Gasteiger partial charge on any atom is -0.330 e. The molecule has 5 nitrogen and oxygen atoms in total. The Kier molecular flexibility index (Phi) is 8.20. The molecule has 2 aliphatic heterocycles. The number of carbonyl (C=O) groups is 1. The van der Waals surface area contributed by atoms with Gasteiger partial charge in [0.1, 0.15) is 0 Å². The van der Waals surface area contributed by atoms with Crippen molar-refractivity contribution in [3.63, 3.8) is 0 Å². The lowest BCUT2D eigenvalue weighted by atomic mass is 9.67. The largest absolute Gasteiger partial charge is 0.330 e. The Hall–Kier alpha value is -1.86. The third-order valence-corrected chi connectivity index (χ3v) is 10.1. The first-order chi connectivity index (χ1) is 17.1. The molecule has 0 aromatic heterocycles. The van der Waals surface area contributed by atoms with E-state index in [4.69, 9.17) is 23.2 Å². The number of amides is 1. The van der Waals surface area contributed by atoms with Crippen molar-refractivity contribution in [3.05, 3.63) is 82.4 Å². The number of halogens is 2. The first-order valence-corrected chi connectivity index (χ1v) is 14.9. The summed E-state index contributed by atoms with van der Waals surface area (Å²) in [5.41, 5.74) is 1.36. The van der Waals surface area contributed by atoms with Crippen molar-refractivity contribution in [1.82, 2.24) is 9.21 Å². The van der Waals surface area contributed by atoms with Gasteiger partial charge in [-0.1, -0.05) is 67.4 Å². The summed E-state index contributed by atoms with van der Waals surface area (Å²) in [7, 11) is -3.30. The number of piperidine rings is 1. The Bertz CT molecular complexity index is 1220. The zero-order valence-electron chi connectivity index (χ0n) is 20.9. The molecule has 0 spiro atoms. The van der Waals surface area contributed by atoms with Crippen LogP contribution in [0.3, 0.4) is 0 Å². The Morgan fingerprint density at radius 1 is 1.14 bits per heavy atom. The van der Waals surface area contributed by atoms with Crippen molar-refractivity contribution >= 4 is 39.1 Å². The molecule has 2 fully saturated rings. The van der Waals surface area contributed by atoms with Crippen LogP contribution in [0.2, 0.25) is 10.0 Å². The summed E-state index contributed by atoms with van der Waals surface area (Å²) in [6.07, 6.45) is 4.21. The molecule has 0 bridgehead atoms. The molecule has 4 rings (SSSR count). The van der Waals surface area contributed by atoms with E-state index >= 15 is 0 Å². The third-order valence-electron chi connectivity index (χ3n) is 7.67. The summed E-state index contributed by atoms with van der Waals surface area (Å²) >= 11 is 12.7. The fourth-order valence-corrected chi connectivity index (χ4v) is 7.72. The van der Waals surface area contributed by atoms with E-state index in [9.17, 15) is 13.2 Å². The quantitative estimate of drug-likeness (QED) is 0.356. The first-order valence-electron chi connectivity index (χ1n) is 12.5. The van der Waals surface area contributed by atoms with Crippen LogP contribution in [0.15, 0.2) is 61.2 Å². The summed E-state index contributed by atoms with van der Waals surface area (Å²) in [6, 6.07) is 14.9. The van der Waals surface area contributed by atoms with Gasteiger partial charge in [-0.15, -0.1) is 6.58 Å². The van der Waals surface area contributed by atoms with Gasteiger partial charge in [-0.3, -0.25) is 4.79 Å². The highest BCUT2D eigenvalue weighted by Crippen LogP contribution is 2.52. The predicted octanol–water partition coefficient (Wildman–Crippen LogP) is 6.45. The van der Waals surface area contributed by atoms with Gasteiger partial charge in [-0.25, -0.2) is 8.42 Å². The van der Waals surface area contributed by atoms with E-state index in [1.54, 1.807) is 10.4 Å². The Morgan fingerprint density at radius 2 is 1.86 bits per heavy atom. The van der Waals surface area contributed by atoms with E-state index < -0.39 is 15.4 Å². The molecule has 0 saturated carbocycles. The fourth-order valence-electron chi connectivity index (χ4n) is 5.83. The zero-order valence-corrected chi connectivity index (χ0v) is 23.2. The minimum atomic E-state index is -3.30. The molecular formula is C28H34Cl2N2O3S. The van der Waals surface area contributed by atoms with Crippen molar-refractivity contribution in [2.75, 3.05) is 18.8 Å². The van der Waals surface area contributed by atoms with Gasteiger partial charge in [0, 0.05) is 35.1 Å². The van der Waals surface area contributed by atoms with Crippen LogP contribution in [0.5, 0.6) is 0 Å². The van der Waals surface area contributed by atoms with Gasteiger partial charge >= 0.3 is 0 Å². The Morgan fingerprint density at radius 3 is 2.44 bits per heavy atom. The summed E-state index contributed by atoms with van der Waals surface area (Å²) in [5, 5.41) is 1.27. The Balaban J connectivity index is 1.87. The van der Waals surface area contributed by atoms with Crippen LogP contribution < -0.4 is 0 Å².